The Hall–Kier alpha value is -3.17. The fourth-order valence-electron chi connectivity index (χ4n) is 2.36. The number of pyridine rings is 1. The molecule has 0 radical (unpaired) electrons. The second-order valence-electron chi connectivity index (χ2n) is 5.76. The minimum Gasteiger partial charge on any atom is -0.432 e. The van der Waals surface area contributed by atoms with Gasteiger partial charge in [-0.25, -0.2) is 14.7 Å². The van der Waals surface area contributed by atoms with E-state index in [-0.39, 0.29) is 33.1 Å². The zero-order valence-electron chi connectivity index (χ0n) is 14.4. The molecule has 0 unspecified atom stereocenters. The predicted molar refractivity (Wildman–Crippen MR) is 99.8 cm³/mol. The third kappa shape index (κ3) is 3.49. The van der Waals surface area contributed by atoms with Gasteiger partial charge in [0.15, 0.2) is 11.5 Å². The van der Waals surface area contributed by atoms with Crippen molar-refractivity contribution in [2.75, 3.05) is 4.90 Å². The molecule has 2 aromatic rings. The van der Waals surface area contributed by atoms with Crippen LogP contribution >= 0.6 is 23.2 Å². The van der Waals surface area contributed by atoms with E-state index in [9.17, 15) is 19.7 Å². The van der Waals surface area contributed by atoms with Gasteiger partial charge in [-0.2, -0.15) is 0 Å². The Labute approximate surface area is 168 Å². The molecule has 3 rings (SSSR count). The van der Waals surface area contributed by atoms with Crippen LogP contribution < -0.4 is 9.64 Å². The van der Waals surface area contributed by atoms with Crippen molar-refractivity contribution in [2.45, 2.75) is 13.8 Å². The highest BCUT2D eigenvalue weighted by Gasteiger charge is 2.40. The van der Waals surface area contributed by atoms with Crippen molar-refractivity contribution < 1.29 is 24.0 Å². The van der Waals surface area contributed by atoms with Crippen LogP contribution in [0.4, 0.5) is 16.2 Å². The number of rotatable bonds is 4. The monoisotopic (exact) mass is 423 g/mol. The summed E-state index contributed by atoms with van der Waals surface area (Å²) in [6.07, 6.45) is 0.357. The summed E-state index contributed by atoms with van der Waals surface area (Å²) in [6, 6.07) is 5.02. The number of benzene rings is 1. The lowest BCUT2D eigenvalue weighted by Gasteiger charge is -2.15. The van der Waals surface area contributed by atoms with Crippen LogP contribution in [0, 0.1) is 10.1 Å². The van der Waals surface area contributed by atoms with Gasteiger partial charge in [0, 0.05) is 18.3 Å². The minimum atomic E-state index is -0.944. The number of amides is 2. The van der Waals surface area contributed by atoms with E-state index in [4.69, 9.17) is 32.7 Å². The van der Waals surface area contributed by atoms with Crippen LogP contribution in [0.1, 0.15) is 13.8 Å². The Morgan fingerprint density at radius 3 is 2.57 bits per heavy atom. The molecule has 1 saturated heterocycles. The molecule has 1 aliphatic rings. The van der Waals surface area contributed by atoms with E-state index in [0.717, 1.165) is 4.90 Å². The third-order valence-electron chi connectivity index (χ3n) is 3.62. The van der Waals surface area contributed by atoms with E-state index in [0.29, 0.717) is 5.57 Å². The Balaban J connectivity index is 2.06. The Bertz CT molecular complexity index is 1050. The molecule has 0 saturated carbocycles. The van der Waals surface area contributed by atoms with Gasteiger partial charge in [-0.1, -0.05) is 23.2 Å². The van der Waals surface area contributed by atoms with Crippen LogP contribution in [0.5, 0.6) is 11.6 Å². The van der Waals surface area contributed by atoms with Crippen molar-refractivity contribution in [3.8, 4) is 11.6 Å². The maximum Gasteiger partial charge on any atom is 0.427 e. The number of carbonyl (C=O) groups is 2. The van der Waals surface area contributed by atoms with Crippen molar-refractivity contribution >= 4 is 46.6 Å². The first-order valence-electron chi connectivity index (χ1n) is 7.70. The molecule has 1 aliphatic heterocycles. The first-order valence-corrected chi connectivity index (χ1v) is 8.46. The van der Waals surface area contributed by atoms with Crippen molar-refractivity contribution in [3.63, 3.8) is 0 Å². The van der Waals surface area contributed by atoms with Crippen molar-refractivity contribution in [1.82, 2.24) is 4.98 Å². The molecule has 2 heterocycles. The maximum absolute atomic E-state index is 12.5. The summed E-state index contributed by atoms with van der Waals surface area (Å²) in [5.41, 5.74) is 0.0657. The molecule has 28 heavy (non-hydrogen) atoms. The summed E-state index contributed by atoms with van der Waals surface area (Å²) < 4.78 is 10.4. The SMILES string of the molecule is CC(C)=C1OC(=O)N(c2cc(Oc3ncccc3[N+](=O)[O-])c(Cl)cc2Cl)C1=O. The lowest BCUT2D eigenvalue weighted by molar-refractivity contribution is -0.386. The summed E-state index contributed by atoms with van der Waals surface area (Å²) in [7, 11) is 0. The van der Waals surface area contributed by atoms with E-state index < -0.39 is 22.6 Å². The Morgan fingerprint density at radius 2 is 1.96 bits per heavy atom. The summed E-state index contributed by atoms with van der Waals surface area (Å²) in [5.74, 6) is -1.22. The number of anilines is 1. The third-order valence-corrected chi connectivity index (χ3v) is 4.22. The molecular formula is C17H11Cl2N3O6. The number of aromatic nitrogens is 1. The molecule has 0 bridgehead atoms. The number of cyclic esters (lactones) is 1. The van der Waals surface area contributed by atoms with Crippen molar-refractivity contribution in [2.24, 2.45) is 0 Å². The van der Waals surface area contributed by atoms with Crippen LogP contribution in [-0.2, 0) is 9.53 Å². The number of hydrogen-bond acceptors (Lipinski definition) is 7. The number of allylic oxidation sites excluding steroid dienone is 1. The maximum atomic E-state index is 12.5. The quantitative estimate of drug-likeness (QED) is 0.391. The fraction of sp³-hybridized carbons (Fsp3) is 0.118. The normalized spacial score (nSPS) is 13.6. The van der Waals surface area contributed by atoms with Gasteiger partial charge in [0.05, 0.1) is 20.7 Å². The molecule has 0 atom stereocenters. The van der Waals surface area contributed by atoms with Gasteiger partial charge in [-0.15, -0.1) is 0 Å². The van der Waals surface area contributed by atoms with E-state index in [1.54, 1.807) is 13.8 Å². The topological polar surface area (TPSA) is 112 Å². The number of hydrogen-bond donors (Lipinski definition) is 0. The predicted octanol–water partition coefficient (Wildman–Crippen LogP) is 4.87. The second-order valence-corrected chi connectivity index (χ2v) is 6.57. The van der Waals surface area contributed by atoms with Crippen molar-refractivity contribution in [3.05, 3.63) is 62.0 Å². The van der Waals surface area contributed by atoms with Crippen molar-refractivity contribution in [1.29, 1.82) is 0 Å². The summed E-state index contributed by atoms with van der Waals surface area (Å²) in [5, 5.41) is 11.1. The number of halogens is 2. The molecule has 0 spiro atoms. The number of nitro groups is 1. The van der Waals surface area contributed by atoms with Crippen LogP contribution in [0.25, 0.3) is 0 Å². The molecule has 9 nitrogen and oxygen atoms in total. The van der Waals surface area contributed by atoms with Gasteiger partial charge >= 0.3 is 17.7 Å². The highest BCUT2D eigenvalue weighted by Crippen LogP contribution is 2.41. The first kappa shape index (κ1) is 19.6. The highest BCUT2D eigenvalue weighted by molar-refractivity contribution is 6.39. The summed E-state index contributed by atoms with van der Waals surface area (Å²) in [4.78, 5) is 39.7. The van der Waals surface area contributed by atoms with Gasteiger partial charge in [0.2, 0.25) is 0 Å². The Kier molecular flexibility index (Phi) is 5.21. The molecular weight excluding hydrogens is 413 g/mol. The van der Waals surface area contributed by atoms with Gasteiger partial charge in [-0.3, -0.25) is 14.9 Å². The smallest absolute Gasteiger partial charge is 0.427 e. The van der Waals surface area contributed by atoms with E-state index in [1.165, 1.54) is 30.5 Å². The molecule has 144 valence electrons. The van der Waals surface area contributed by atoms with Crippen LogP contribution in [0.3, 0.4) is 0 Å². The van der Waals surface area contributed by atoms with Crippen LogP contribution in [0.15, 0.2) is 41.8 Å². The standard InChI is InChI=1S/C17H11Cl2N3O6/c1-8(2)14-16(23)21(17(24)28-14)12-7-13(10(19)6-9(12)18)27-15-11(22(25)26)4-3-5-20-15/h3-7H,1-2H3. The van der Waals surface area contributed by atoms with Gasteiger partial charge in [-0.05, 0) is 31.6 Å². The fourth-order valence-corrected chi connectivity index (χ4v) is 2.86. The van der Waals surface area contributed by atoms with Gasteiger partial charge in [0.1, 0.15) is 0 Å². The zero-order valence-corrected chi connectivity index (χ0v) is 15.9. The van der Waals surface area contributed by atoms with E-state index >= 15 is 0 Å². The molecule has 1 fully saturated rings. The molecule has 1 aromatic heterocycles. The van der Waals surface area contributed by atoms with Gasteiger partial charge in [0.25, 0.3) is 5.88 Å². The summed E-state index contributed by atoms with van der Waals surface area (Å²) in [6.45, 7) is 3.23. The molecule has 1 aromatic carbocycles. The van der Waals surface area contributed by atoms with Gasteiger partial charge < -0.3 is 9.47 Å². The van der Waals surface area contributed by atoms with Crippen LogP contribution in [0.2, 0.25) is 10.0 Å². The largest absolute Gasteiger partial charge is 0.432 e. The van der Waals surface area contributed by atoms with E-state index in [1.807, 2.05) is 0 Å². The average Bonchev–Trinajstić information content (AvgIpc) is 2.92. The second kappa shape index (κ2) is 7.45. The molecule has 11 heteroatoms. The van der Waals surface area contributed by atoms with E-state index in [2.05, 4.69) is 4.98 Å². The lowest BCUT2D eigenvalue weighted by atomic mass is 10.2. The Morgan fingerprint density at radius 1 is 1.25 bits per heavy atom. The lowest BCUT2D eigenvalue weighted by Crippen LogP contribution is -2.28. The number of nitrogens with zero attached hydrogens (tertiary/aromatic N) is 3. The average molecular weight is 424 g/mol. The molecule has 0 N–H and O–H groups in total. The number of carbonyl (C=O) groups excluding carboxylic acids is 2. The number of ether oxygens (including phenoxy) is 2. The minimum absolute atomic E-state index is 0.00356. The summed E-state index contributed by atoms with van der Waals surface area (Å²) >= 11 is 12.2. The van der Waals surface area contributed by atoms with Crippen LogP contribution in [-0.4, -0.2) is 21.9 Å². The highest BCUT2D eigenvalue weighted by atomic mass is 35.5. The first-order chi connectivity index (χ1) is 13.2. The number of imide groups is 1. The molecule has 0 aliphatic carbocycles. The zero-order chi connectivity index (χ0) is 20.6. The molecule has 2 amide bonds.